The summed E-state index contributed by atoms with van der Waals surface area (Å²) < 4.78 is 0. The third-order valence-corrected chi connectivity index (χ3v) is 5.04. The summed E-state index contributed by atoms with van der Waals surface area (Å²) in [7, 11) is 0. The van der Waals surface area contributed by atoms with E-state index >= 15 is 0 Å². The van der Waals surface area contributed by atoms with Crippen LogP contribution in [-0.4, -0.2) is 24.5 Å². The second kappa shape index (κ2) is 7.11. The SMILES string of the molecule is NCC#Cc1cccc(CN2CCC3CCCCC3C2)c1. The molecule has 3 rings (SSSR count). The first-order chi connectivity index (χ1) is 10.3. The Labute approximate surface area is 128 Å². The van der Waals surface area contributed by atoms with Crippen LogP contribution in [0.15, 0.2) is 24.3 Å². The van der Waals surface area contributed by atoms with Crippen molar-refractivity contribution in [3.05, 3.63) is 35.4 Å². The highest BCUT2D eigenvalue weighted by molar-refractivity contribution is 5.37. The Morgan fingerprint density at radius 3 is 2.86 bits per heavy atom. The molecule has 2 aliphatic rings. The number of likely N-dealkylation sites (tertiary alicyclic amines) is 1. The van der Waals surface area contributed by atoms with Gasteiger partial charge in [-0.25, -0.2) is 0 Å². The minimum Gasteiger partial charge on any atom is -0.320 e. The summed E-state index contributed by atoms with van der Waals surface area (Å²) in [5.74, 6) is 8.03. The molecule has 2 N–H and O–H groups in total. The number of nitrogens with zero attached hydrogens (tertiary/aromatic N) is 1. The van der Waals surface area contributed by atoms with Crippen molar-refractivity contribution in [2.24, 2.45) is 17.6 Å². The Hall–Kier alpha value is -1.30. The largest absolute Gasteiger partial charge is 0.320 e. The molecule has 2 heteroatoms. The first-order valence-corrected chi connectivity index (χ1v) is 8.35. The molecular formula is C19H26N2. The number of piperidine rings is 1. The lowest BCUT2D eigenvalue weighted by molar-refractivity contribution is 0.0820. The number of benzene rings is 1. The summed E-state index contributed by atoms with van der Waals surface area (Å²) in [6.07, 6.45) is 7.23. The second-order valence-corrected chi connectivity index (χ2v) is 6.53. The Kier molecular flexibility index (Phi) is 4.95. The molecule has 0 bridgehead atoms. The van der Waals surface area contributed by atoms with Crippen LogP contribution in [-0.2, 0) is 6.54 Å². The van der Waals surface area contributed by atoms with Gasteiger partial charge in [0.25, 0.3) is 0 Å². The summed E-state index contributed by atoms with van der Waals surface area (Å²) >= 11 is 0. The average molecular weight is 282 g/mol. The lowest BCUT2D eigenvalue weighted by atomic mass is 9.75. The predicted molar refractivity (Wildman–Crippen MR) is 87.7 cm³/mol. The maximum Gasteiger partial charge on any atom is 0.0555 e. The lowest BCUT2D eigenvalue weighted by Crippen LogP contribution is -2.41. The topological polar surface area (TPSA) is 29.3 Å². The van der Waals surface area contributed by atoms with E-state index in [1.54, 1.807) is 0 Å². The normalized spacial score (nSPS) is 25.8. The Morgan fingerprint density at radius 2 is 2.00 bits per heavy atom. The third-order valence-electron chi connectivity index (χ3n) is 5.04. The van der Waals surface area contributed by atoms with E-state index in [0.717, 1.165) is 23.9 Å². The van der Waals surface area contributed by atoms with Crippen molar-refractivity contribution < 1.29 is 0 Å². The molecule has 2 fully saturated rings. The molecule has 0 aromatic heterocycles. The third kappa shape index (κ3) is 3.87. The van der Waals surface area contributed by atoms with Crippen LogP contribution in [0.25, 0.3) is 0 Å². The zero-order chi connectivity index (χ0) is 14.5. The Bertz CT molecular complexity index is 526. The molecule has 21 heavy (non-hydrogen) atoms. The summed E-state index contributed by atoms with van der Waals surface area (Å²) in [4.78, 5) is 2.64. The van der Waals surface area contributed by atoms with Gasteiger partial charge in [-0.15, -0.1) is 0 Å². The highest BCUT2D eigenvalue weighted by atomic mass is 15.1. The Balaban J connectivity index is 1.61. The molecule has 1 aliphatic heterocycles. The molecule has 0 spiro atoms. The standard InChI is InChI=1S/C19H26N2/c20-11-4-7-16-5-3-6-17(13-16)14-21-12-10-18-8-1-2-9-19(18)15-21/h3,5-6,13,18-19H,1-2,8-12,14-15,20H2. The fourth-order valence-electron chi connectivity index (χ4n) is 3.98. The van der Waals surface area contributed by atoms with Crippen LogP contribution in [0.5, 0.6) is 0 Å². The molecular weight excluding hydrogens is 256 g/mol. The maximum atomic E-state index is 5.44. The molecule has 1 saturated heterocycles. The number of hydrogen-bond donors (Lipinski definition) is 1. The van der Waals surface area contributed by atoms with E-state index < -0.39 is 0 Å². The van der Waals surface area contributed by atoms with Crippen molar-refractivity contribution in [2.45, 2.75) is 38.6 Å². The van der Waals surface area contributed by atoms with E-state index in [-0.39, 0.29) is 0 Å². The molecule has 2 atom stereocenters. The van der Waals surface area contributed by atoms with Gasteiger partial charge in [0.1, 0.15) is 0 Å². The van der Waals surface area contributed by atoms with Crippen molar-refractivity contribution in [1.29, 1.82) is 0 Å². The highest BCUT2D eigenvalue weighted by Gasteiger charge is 2.30. The first kappa shape index (κ1) is 14.6. The molecule has 2 nitrogen and oxygen atoms in total. The Morgan fingerprint density at radius 1 is 1.14 bits per heavy atom. The number of fused-ring (bicyclic) bond motifs is 1. The lowest BCUT2D eigenvalue weighted by Gasteiger charge is -2.41. The van der Waals surface area contributed by atoms with Gasteiger partial charge in [0.2, 0.25) is 0 Å². The number of hydrogen-bond acceptors (Lipinski definition) is 2. The van der Waals surface area contributed by atoms with Crippen LogP contribution >= 0.6 is 0 Å². The van der Waals surface area contributed by atoms with Crippen LogP contribution in [0.3, 0.4) is 0 Å². The number of rotatable bonds is 2. The highest BCUT2D eigenvalue weighted by Crippen LogP contribution is 2.36. The molecule has 0 amide bonds. The van der Waals surface area contributed by atoms with Crippen molar-refractivity contribution in [3.63, 3.8) is 0 Å². The van der Waals surface area contributed by atoms with Gasteiger partial charge in [0.15, 0.2) is 0 Å². The van der Waals surface area contributed by atoms with Gasteiger partial charge < -0.3 is 5.73 Å². The number of nitrogens with two attached hydrogens (primary N) is 1. The minimum absolute atomic E-state index is 0.430. The molecule has 1 aromatic rings. The van der Waals surface area contributed by atoms with Crippen LogP contribution in [0.4, 0.5) is 0 Å². The van der Waals surface area contributed by atoms with E-state index in [4.69, 9.17) is 5.73 Å². The summed E-state index contributed by atoms with van der Waals surface area (Å²) in [6.45, 7) is 4.06. The van der Waals surface area contributed by atoms with Gasteiger partial charge in [-0.1, -0.05) is 43.2 Å². The fraction of sp³-hybridized carbons (Fsp3) is 0.579. The second-order valence-electron chi connectivity index (χ2n) is 6.53. The van der Waals surface area contributed by atoms with Crippen LogP contribution in [0, 0.1) is 23.7 Å². The van der Waals surface area contributed by atoms with Crippen LogP contribution in [0.2, 0.25) is 0 Å². The van der Waals surface area contributed by atoms with Crippen molar-refractivity contribution in [3.8, 4) is 11.8 Å². The van der Waals surface area contributed by atoms with Gasteiger partial charge in [-0.2, -0.15) is 0 Å². The van der Waals surface area contributed by atoms with Crippen molar-refractivity contribution >= 4 is 0 Å². The monoisotopic (exact) mass is 282 g/mol. The summed E-state index contributed by atoms with van der Waals surface area (Å²) in [6, 6.07) is 8.62. The van der Waals surface area contributed by atoms with E-state index in [2.05, 4.69) is 41.0 Å². The molecule has 1 aromatic carbocycles. The zero-order valence-corrected chi connectivity index (χ0v) is 12.9. The van der Waals surface area contributed by atoms with Crippen molar-refractivity contribution in [2.75, 3.05) is 19.6 Å². The molecule has 1 heterocycles. The van der Waals surface area contributed by atoms with Crippen LogP contribution < -0.4 is 5.73 Å². The van der Waals surface area contributed by atoms with E-state index in [1.165, 1.54) is 50.8 Å². The van der Waals surface area contributed by atoms with Gasteiger partial charge in [-0.3, -0.25) is 4.90 Å². The maximum absolute atomic E-state index is 5.44. The molecule has 1 aliphatic carbocycles. The minimum atomic E-state index is 0.430. The van der Waals surface area contributed by atoms with Crippen molar-refractivity contribution in [1.82, 2.24) is 4.90 Å². The summed E-state index contributed by atoms with van der Waals surface area (Å²) in [5, 5.41) is 0. The molecule has 1 saturated carbocycles. The summed E-state index contributed by atoms with van der Waals surface area (Å²) in [5.41, 5.74) is 7.92. The van der Waals surface area contributed by atoms with Gasteiger partial charge in [0, 0.05) is 18.7 Å². The molecule has 0 radical (unpaired) electrons. The smallest absolute Gasteiger partial charge is 0.0555 e. The van der Waals surface area contributed by atoms with E-state index in [1.807, 2.05) is 0 Å². The molecule has 2 unspecified atom stereocenters. The van der Waals surface area contributed by atoms with Gasteiger partial charge in [-0.05, 0) is 48.9 Å². The molecule has 112 valence electrons. The first-order valence-electron chi connectivity index (χ1n) is 8.35. The van der Waals surface area contributed by atoms with Gasteiger partial charge in [0.05, 0.1) is 6.54 Å². The zero-order valence-electron chi connectivity index (χ0n) is 12.9. The fourth-order valence-corrected chi connectivity index (χ4v) is 3.98. The van der Waals surface area contributed by atoms with E-state index in [0.29, 0.717) is 6.54 Å². The van der Waals surface area contributed by atoms with Gasteiger partial charge >= 0.3 is 0 Å². The van der Waals surface area contributed by atoms with Crippen LogP contribution in [0.1, 0.15) is 43.2 Å². The predicted octanol–water partition coefficient (Wildman–Crippen LogP) is 3.01. The van der Waals surface area contributed by atoms with E-state index in [9.17, 15) is 0 Å². The average Bonchev–Trinajstić information content (AvgIpc) is 2.53. The quantitative estimate of drug-likeness (QED) is 0.845.